The van der Waals surface area contributed by atoms with E-state index < -0.39 is 12.8 Å². The maximum atomic E-state index is 12.3. The molecule has 0 aliphatic heterocycles. The van der Waals surface area contributed by atoms with Crippen molar-refractivity contribution >= 4 is 0 Å². The Morgan fingerprint density at radius 1 is 0.788 bits per heavy atom. The highest BCUT2D eigenvalue weighted by Gasteiger charge is 2.35. The molecule has 2 aromatic rings. The highest BCUT2D eigenvalue weighted by atomic mass is 19.4. The van der Waals surface area contributed by atoms with Crippen molar-refractivity contribution in [2.75, 3.05) is 6.61 Å². The molecule has 0 aromatic heterocycles. The topological polar surface area (TPSA) is 9.23 Å². The van der Waals surface area contributed by atoms with Crippen LogP contribution in [0.15, 0.2) is 48.5 Å². The number of fused-ring (bicyclic) bond motifs is 1. The zero-order valence-corrected chi connectivity index (χ0v) is 19.7. The van der Waals surface area contributed by atoms with Crippen LogP contribution in [0.3, 0.4) is 0 Å². The van der Waals surface area contributed by atoms with Crippen molar-refractivity contribution in [3.8, 4) is 16.9 Å². The zero-order valence-electron chi connectivity index (χ0n) is 19.7. The lowest BCUT2D eigenvalue weighted by Crippen LogP contribution is -2.30. The molecule has 0 spiro atoms. The van der Waals surface area contributed by atoms with Crippen molar-refractivity contribution in [2.45, 2.75) is 83.2 Å². The molecule has 4 rings (SSSR count). The molecule has 180 valence electrons. The minimum absolute atomic E-state index is 0.240. The fourth-order valence-corrected chi connectivity index (χ4v) is 6.09. The summed E-state index contributed by atoms with van der Waals surface area (Å²) in [5.41, 5.74) is 3.51. The summed E-state index contributed by atoms with van der Waals surface area (Å²) in [5, 5.41) is 0. The normalized spacial score (nSPS) is 25.5. The number of ether oxygens (including phenoxy) is 1. The summed E-state index contributed by atoms with van der Waals surface area (Å²) in [4.78, 5) is 0. The molecular formula is C29H37F3O. The van der Waals surface area contributed by atoms with Gasteiger partial charge in [0.25, 0.3) is 0 Å². The van der Waals surface area contributed by atoms with E-state index in [4.69, 9.17) is 4.74 Å². The molecule has 2 aromatic carbocycles. The smallest absolute Gasteiger partial charge is 0.422 e. The van der Waals surface area contributed by atoms with Gasteiger partial charge in [-0.05, 0) is 84.6 Å². The van der Waals surface area contributed by atoms with Crippen molar-refractivity contribution in [3.05, 3.63) is 54.1 Å². The van der Waals surface area contributed by atoms with E-state index in [0.29, 0.717) is 5.92 Å². The SMILES string of the molecule is CCCCCC1CCC2CC(c3ccc(-c4ccc(OCC(F)(F)F)cc4)cc3)CCC2C1. The lowest BCUT2D eigenvalue weighted by atomic mass is 9.63. The van der Waals surface area contributed by atoms with E-state index in [-0.39, 0.29) is 5.75 Å². The van der Waals surface area contributed by atoms with Gasteiger partial charge in [-0.25, -0.2) is 0 Å². The van der Waals surface area contributed by atoms with Gasteiger partial charge in [-0.2, -0.15) is 13.2 Å². The zero-order chi connectivity index (χ0) is 23.3. The monoisotopic (exact) mass is 458 g/mol. The average Bonchev–Trinajstić information content (AvgIpc) is 2.82. The number of hydrogen-bond donors (Lipinski definition) is 0. The lowest BCUT2D eigenvalue weighted by molar-refractivity contribution is -0.153. The Morgan fingerprint density at radius 2 is 1.42 bits per heavy atom. The van der Waals surface area contributed by atoms with Gasteiger partial charge in [-0.15, -0.1) is 0 Å². The van der Waals surface area contributed by atoms with Gasteiger partial charge in [0.05, 0.1) is 0 Å². The molecule has 0 bridgehead atoms. The van der Waals surface area contributed by atoms with E-state index in [1.54, 1.807) is 12.1 Å². The van der Waals surface area contributed by atoms with Crippen LogP contribution in [0.4, 0.5) is 13.2 Å². The fraction of sp³-hybridized carbons (Fsp3) is 0.586. The second-order valence-corrected chi connectivity index (χ2v) is 10.3. The van der Waals surface area contributed by atoms with Crippen LogP contribution in [-0.4, -0.2) is 12.8 Å². The number of halogens is 3. The highest BCUT2D eigenvalue weighted by molar-refractivity contribution is 5.64. The number of hydrogen-bond acceptors (Lipinski definition) is 1. The first kappa shape index (κ1) is 24.2. The average molecular weight is 459 g/mol. The number of rotatable bonds is 8. The molecular weight excluding hydrogens is 421 g/mol. The summed E-state index contributed by atoms with van der Waals surface area (Å²) in [6.45, 7) is 1.03. The second kappa shape index (κ2) is 11.0. The maximum absolute atomic E-state index is 12.3. The minimum atomic E-state index is -4.32. The van der Waals surface area contributed by atoms with Crippen LogP contribution in [-0.2, 0) is 0 Å². The molecule has 33 heavy (non-hydrogen) atoms. The lowest BCUT2D eigenvalue weighted by Gasteiger charge is -2.42. The van der Waals surface area contributed by atoms with Crippen LogP contribution in [0, 0.1) is 17.8 Å². The molecule has 0 saturated heterocycles. The summed E-state index contributed by atoms with van der Waals surface area (Å²) in [6.07, 6.45) is 9.56. The Bertz CT molecular complexity index is 856. The molecule has 0 N–H and O–H groups in total. The summed E-state index contributed by atoms with van der Waals surface area (Å²) < 4.78 is 41.8. The number of unbranched alkanes of at least 4 members (excludes halogenated alkanes) is 2. The number of alkyl halides is 3. The quantitative estimate of drug-likeness (QED) is 0.358. The first-order valence-electron chi connectivity index (χ1n) is 12.8. The van der Waals surface area contributed by atoms with Crippen molar-refractivity contribution in [2.24, 2.45) is 17.8 Å². The van der Waals surface area contributed by atoms with Crippen molar-refractivity contribution in [1.82, 2.24) is 0 Å². The maximum Gasteiger partial charge on any atom is 0.422 e. The molecule has 4 unspecified atom stereocenters. The van der Waals surface area contributed by atoms with E-state index in [0.717, 1.165) is 28.9 Å². The largest absolute Gasteiger partial charge is 0.484 e. The molecule has 2 fully saturated rings. The standard InChI is InChI=1S/C29H37F3O/c1-2-3-4-5-21-6-7-27-19-26(13-12-25(27)18-21)24-10-8-22(9-11-24)23-14-16-28(17-15-23)33-20-29(30,31)32/h8-11,14-17,21,25-27H,2-7,12-13,18-20H2,1H3. The summed E-state index contributed by atoms with van der Waals surface area (Å²) in [6, 6.07) is 15.7. The third kappa shape index (κ3) is 6.77. The number of benzene rings is 2. The molecule has 0 radical (unpaired) electrons. The Labute approximate surface area is 196 Å². The van der Waals surface area contributed by atoms with E-state index in [9.17, 15) is 13.2 Å². The first-order chi connectivity index (χ1) is 15.9. The van der Waals surface area contributed by atoms with Crippen LogP contribution in [0.25, 0.3) is 11.1 Å². The fourth-order valence-electron chi connectivity index (χ4n) is 6.09. The van der Waals surface area contributed by atoms with Gasteiger partial charge in [0, 0.05) is 0 Å². The molecule has 2 saturated carbocycles. The second-order valence-electron chi connectivity index (χ2n) is 10.3. The predicted octanol–water partition coefficient (Wildman–Crippen LogP) is 9.17. The Morgan fingerprint density at radius 3 is 2.09 bits per heavy atom. The van der Waals surface area contributed by atoms with Crippen molar-refractivity contribution < 1.29 is 17.9 Å². The summed E-state index contributed by atoms with van der Waals surface area (Å²) >= 11 is 0. The first-order valence-corrected chi connectivity index (χ1v) is 12.8. The molecule has 1 nitrogen and oxygen atoms in total. The predicted molar refractivity (Wildman–Crippen MR) is 128 cm³/mol. The molecule has 0 heterocycles. The van der Waals surface area contributed by atoms with E-state index in [1.807, 2.05) is 12.1 Å². The van der Waals surface area contributed by atoms with Crippen LogP contribution in [0.5, 0.6) is 5.75 Å². The van der Waals surface area contributed by atoms with Gasteiger partial charge >= 0.3 is 6.18 Å². The Hall–Kier alpha value is -1.97. The Balaban J connectivity index is 1.30. The molecule has 4 heteroatoms. The van der Waals surface area contributed by atoms with Crippen molar-refractivity contribution in [3.63, 3.8) is 0 Å². The molecule has 4 atom stereocenters. The summed E-state index contributed by atoms with van der Waals surface area (Å²) in [7, 11) is 0. The van der Waals surface area contributed by atoms with Crippen LogP contribution < -0.4 is 4.74 Å². The van der Waals surface area contributed by atoms with Gasteiger partial charge in [0.1, 0.15) is 5.75 Å². The molecule has 2 aliphatic rings. The van der Waals surface area contributed by atoms with Gasteiger partial charge < -0.3 is 4.74 Å². The van der Waals surface area contributed by atoms with Gasteiger partial charge in [-0.1, -0.05) is 75.4 Å². The van der Waals surface area contributed by atoms with Crippen LogP contribution in [0.2, 0.25) is 0 Å². The van der Waals surface area contributed by atoms with E-state index >= 15 is 0 Å². The van der Waals surface area contributed by atoms with Gasteiger partial charge in [-0.3, -0.25) is 0 Å². The van der Waals surface area contributed by atoms with Crippen LogP contribution >= 0.6 is 0 Å². The minimum Gasteiger partial charge on any atom is -0.484 e. The molecule has 0 amide bonds. The Kier molecular flexibility index (Phi) is 8.03. The third-order valence-electron chi connectivity index (χ3n) is 7.91. The summed E-state index contributed by atoms with van der Waals surface area (Å²) in [5.74, 6) is 3.72. The van der Waals surface area contributed by atoms with Gasteiger partial charge in [0.15, 0.2) is 6.61 Å². The van der Waals surface area contributed by atoms with Crippen molar-refractivity contribution in [1.29, 1.82) is 0 Å². The van der Waals surface area contributed by atoms with E-state index in [1.165, 1.54) is 69.8 Å². The van der Waals surface area contributed by atoms with E-state index in [2.05, 4.69) is 31.2 Å². The van der Waals surface area contributed by atoms with Crippen LogP contribution in [0.1, 0.15) is 82.6 Å². The molecule has 2 aliphatic carbocycles. The highest BCUT2D eigenvalue weighted by Crippen LogP contribution is 2.48. The van der Waals surface area contributed by atoms with Gasteiger partial charge in [0.2, 0.25) is 0 Å². The third-order valence-corrected chi connectivity index (χ3v) is 7.91.